The lowest BCUT2D eigenvalue weighted by atomic mass is 9.89. The Morgan fingerprint density at radius 1 is 1.56 bits per heavy atom. The maximum atomic E-state index is 11.7. The van der Waals surface area contributed by atoms with Crippen molar-refractivity contribution in [1.29, 1.82) is 0 Å². The van der Waals surface area contributed by atoms with Crippen LogP contribution in [0.15, 0.2) is 16.9 Å². The first kappa shape index (κ1) is 11.6. The molecule has 1 N–H and O–H groups in total. The Labute approximate surface area is 103 Å². The van der Waals surface area contributed by atoms with Gasteiger partial charge in [-0.3, -0.25) is 4.79 Å². The van der Waals surface area contributed by atoms with Crippen molar-refractivity contribution in [2.24, 2.45) is 5.41 Å². The van der Waals surface area contributed by atoms with Crippen molar-refractivity contribution in [3.63, 3.8) is 0 Å². The molecule has 1 aromatic rings. The van der Waals surface area contributed by atoms with Gasteiger partial charge in [-0.1, -0.05) is 33.9 Å². The highest BCUT2D eigenvalue weighted by Gasteiger charge is 2.33. The van der Waals surface area contributed by atoms with Crippen molar-refractivity contribution in [2.45, 2.75) is 25.7 Å². The van der Waals surface area contributed by atoms with Gasteiger partial charge in [0.05, 0.1) is 0 Å². The summed E-state index contributed by atoms with van der Waals surface area (Å²) < 4.78 is 4.64. The maximum absolute atomic E-state index is 11.7. The molecule has 16 heavy (non-hydrogen) atoms. The molecule has 1 aliphatic rings. The van der Waals surface area contributed by atoms with E-state index in [4.69, 9.17) is 0 Å². The fourth-order valence-electron chi connectivity index (χ4n) is 2.17. The molecule has 0 bridgehead atoms. The van der Waals surface area contributed by atoms with Crippen LogP contribution in [0.2, 0.25) is 0 Å². The number of alkyl halides is 1. The van der Waals surface area contributed by atoms with Crippen LogP contribution in [-0.4, -0.2) is 22.9 Å². The fraction of sp³-hybridized carbons (Fsp3) is 0.636. The molecule has 1 aliphatic carbocycles. The third-order valence-electron chi connectivity index (χ3n) is 3.24. The van der Waals surface area contributed by atoms with Gasteiger partial charge in [0.25, 0.3) is 5.91 Å². The zero-order valence-corrected chi connectivity index (χ0v) is 10.6. The lowest BCUT2D eigenvalue weighted by Gasteiger charge is -2.26. The quantitative estimate of drug-likeness (QED) is 0.865. The molecule has 0 spiro atoms. The molecular formula is C11H15BrN2O2. The Morgan fingerprint density at radius 2 is 2.31 bits per heavy atom. The highest BCUT2D eigenvalue weighted by atomic mass is 79.9. The number of carbonyl (C=O) groups excluding carboxylic acids is 1. The van der Waals surface area contributed by atoms with E-state index in [1.54, 1.807) is 6.07 Å². The number of halogens is 1. The predicted molar refractivity (Wildman–Crippen MR) is 63.5 cm³/mol. The van der Waals surface area contributed by atoms with Crippen LogP contribution < -0.4 is 5.32 Å². The van der Waals surface area contributed by atoms with Crippen molar-refractivity contribution in [3.8, 4) is 0 Å². The van der Waals surface area contributed by atoms with Gasteiger partial charge < -0.3 is 9.84 Å². The second kappa shape index (κ2) is 4.99. The van der Waals surface area contributed by atoms with Crippen LogP contribution in [0.5, 0.6) is 0 Å². The van der Waals surface area contributed by atoms with Crippen LogP contribution in [0, 0.1) is 5.41 Å². The summed E-state index contributed by atoms with van der Waals surface area (Å²) in [5, 5.41) is 7.48. The van der Waals surface area contributed by atoms with Gasteiger partial charge in [-0.2, -0.15) is 0 Å². The van der Waals surface area contributed by atoms with E-state index < -0.39 is 0 Å². The molecule has 0 radical (unpaired) electrons. The average molecular weight is 287 g/mol. The summed E-state index contributed by atoms with van der Waals surface area (Å²) >= 11 is 3.55. The van der Waals surface area contributed by atoms with Gasteiger partial charge in [-0.05, 0) is 18.3 Å². The number of nitrogens with zero attached hydrogens (tertiary/aromatic N) is 1. The van der Waals surface area contributed by atoms with E-state index in [-0.39, 0.29) is 11.3 Å². The van der Waals surface area contributed by atoms with Gasteiger partial charge in [0.1, 0.15) is 6.26 Å². The lowest BCUT2D eigenvalue weighted by molar-refractivity contribution is 0.0926. The standard InChI is InChI=1S/C11H15BrN2O2/c12-7-11(4-1-2-5-11)8-13-10(15)9-3-6-16-14-9/h3,6H,1-2,4-5,7-8H2,(H,13,15). The molecule has 2 rings (SSSR count). The molecule has 4 nitrogen and oxygen atoms in total. The number of aromatic nitrogens is 1. The van der Waals surface area contributed by atoms with Crippen molar-refractivity contribution in [2.75, 3.05) is 11.9 Å². The molecule has 0 atom stereocenters. The van der Waals surface area contributed by atoms with Crippen LogP contribution in [-0.2, 0) is 0 Å². The third-order valence-corrected chi connectivity index (χ3v) is 4.43. The van der Waals surface area contributed by atoms with E-state index in [2.05, 4.69) is 30.9 Å². The molecule has 0 unspecified atom stereocenters. The molecular weight excluding hydrogens is 272 g/mol. The third kappa shape index (κ3) is 2.45. The number of nitrogens with one attached hydrogen (secondary N) is 1. The molecule has 1 amide bonds. The minimum absolute atomic E-state index is 0.152. The Morgan fingerprint density at radius 3 is 2.88 bits per heavy atom. The molecule has 88 valence electrons. The first-order chi connectivity index (χ1) is 7.76. The van der Waals surface area contributed by atoms with Crippen LogP contribution >= 0.6 is 15.9 Å². The van der Waals surface area contributed by atoms with Crippen LogP contribution in [0.25, 0.3) is 0 Å². The molecule has 1 fully saturated rings. The Balaban J connectivity index is 1.89. The van der Waals surface area contributed by atoms with Crippen LogP contribution in [0.3, 0.4) is 0 Å². The Hall–Kier alpha value is -0.840. The van der Waals surface area contributed by atoms with Crippen molar-refractivity contribution in [3.05, 3.63) is 18.0 Å². The lowest BCUT2D eigenvalue weighted by Crippen LogP contribution is -2.37. The average Bonchev–Trinajstić information content (AvgIpc) is 2.98. The van der Waals surface area contributed by atoms with E-state index in [1.807, 2.05) is 0 Å². The monoisotopic (exact) mass is 286 g/mol. The highest BCUT2D eigenvalue weighted by molar-refractivity contribution is 9.09. The Bertz CT molecular complexity index is 345. The smallest absolute Gasteiger partial charge is 0.273 e. The molecule has 0 aromatic carbocycles. The van der Waals surface area contributed by atoms with Gasteiger partial charge >= 0.3 is 0 Å². The second-order valence-corrected chi connectivity index (χ2v) is 4.97. The Kier molecular flexibility index (Phi) is 3.63. The largest absolute Gasteiger partial charge is 0.364 e. The summed E-state index contributed by atoms with van der Waals surface area (Å²) in [4.78, 5) is 11.7. The van der Waals surface area contributed by atoms with Gasteiger partial charge in [-0.25, -0.2) is 0 Å². The molecule has 1 aromatic heterocycles. The SMILES string of the molecule is O=C(NCC1(CBr)CCCC1)c1ccon1. The van der Waals surface area contributed by atoms with Gasteiger partial charge in [-0.15, -0.1) is 0 Å². The fourth-order valence-corrected chi connectivity index (χ4v) is 2.93. The molecule has 0 aliphatic heterocycles. The maximum Gasteiger partial charge on any atom is 0.273 e. The zero-order valence-electron chi connectivity index (χ0n) is 9.04. The summed E-state index contributed by atoms with van der Waals surface area (Å²) in [5.41, 5.74) is 0.585. The summed E-state index contributed by atoms with van der Waals surface area (Å²) in [6, 6.07) is 1.57. The summed E-state index contributed by atoms with van der Waals surface area (Å²) in [5.74, 6) is -0.152. The minimum atomic E-state index is -0.152. The zero-order chi connectivity index (χ0) is 11.4. The predicted octanol–water partition coefficient (Wildman–Crippen LogP) is 2.36. The number of carbonyl (C=O) groups is 1. The number of amides is 1. The first-order valence-corrected chi connectivity index (χ1v) is 6.62. The van der Waals surface area contributed by atoms with Crippen LogP contribution in [0.1, 0.15) is 36.2 Å². The van der Waals surface area contributed by atoms with Crippen molar-refractivity contribution in [1.82, 2.24) is 10.5 Å². The first-order valence-electron chi connectivity index (χ1n) is 5.50. The van der Waals surface area contributed by atoms with Gasteiger partial charge in [0.15, 0.2) is 5.69 Å². The van der Waals surface area contributed by atoms with E-state index in [0.29, 0.717) is 12.2 Å². The molecule has 1 heterocycles. The summed E-state index contributed by atoms with van der Waals surface area (Å²) in [6.07, 6.45) is 6.27. The number of hydrogen-bond acceptors (Lipinski definition) is 3. The topological polar surface area (TPSA) is 55.1 Å². The van der Waals surface area contributed by atoms with E-state index in [1.165, 1.54) is 31.9 Å². The second-order valence-electron chi connectivity index (χ2n) is 4.41. The van der Waals surface area contributed by atoms with Gasteiger partial charge in [0.2, 0.25) is 0 Å². The van der Waals surface area contributed by atoms with Gasteiger partial charge in [0, 0.05) is 17.9 Å². The van der Waals surface area contributed by atoms with E-state index in [0.717, 1.165) is 5.33 Å². The number of rotatable bonds is 4. The highest BCUT2D eigenvalue weighted by Crippen LogP contribution is 2.38. The molecule has 0 saturated heterocycles. The number of hydrogen-bond donors (Lipinski definition) is 1. The van der Waals surface area contributed by atoms with E-state index in [9.17, 15) is 4.79 Å². The normalized spacial score (nSPS) is 18.6. The summed E-state index contributed by atoms with van der Waals surface area (Å²) in [6.45, 7) is 0.712. The molecule has 5 heteroatoms. The van der Waals surface area contributed by atoms with Crippen molar-refractivity contribution >= 4 is 21.8 Å². The minimum Gasteiger partial charge on any atom is -0.364 e. The summed E-state index contributed by atoms with van der Waals surface area (Å²) in [7, 11) is 0. The van der Waals surface area contributed by atoms with Crippen molar-refractivity contribution < 1.29 is 9.32 Å². The molecule has 1 saturated carbocycles. The van der Waals surface area contributed by atoms with Crippen LogP contribution in [0.4, 0.5) is 0 Å². The van der Waals surface area contributed by atoms with E-state index >= 15 is 0 Å².